The smallest absolute Gasteiger partial charge is 0.257 e. The number of methoxy groups -OCH3 is 1. The average molecular weight is 458 g/mol. The second-order valence-corrected chi connectivity index (χ2v) is 9.98. The van der Waals surface area contributed by atoms with Gasteiger partial charge in [-0.1, -0.05) is 24.6 Å². The van der Waals surface area contributed by atoms with Gasteiger partial charge in [0.15, 0.2) is 5.13 Å². The lowest BCUT2D eigenvalue weighted by atomic mass is 10.1. The van der Waals surface area contributed by atoms with Crippen LogP contribution in [0.4, 0.5) is 5.13 Å². The molecule has 0 aliphatic carbocycles. The van der Waals surface area contributed by atoms with Gasteiger partial charge in [-0.25, -0.2) is 13.4 Å². The lowest BCUT2D eigenvalue weighted by molar-refractivity contribution is 0.102. The number of para-hydroxylation sites is 1. The Morgan fingerprint density at radius 1 is 1.10 bits per heavy atom. The Kier molecular flexibility index (Phi) is 6.35. The molecule has 1 aliphatic rings. The molecule has 1 fully saturated rings. The van der Waals surface area contributed by atoms with Crippen molar-refractivity contribution in [3.63, 3.8) is 0 Å². The maximum atomic E-state index is 12.9. The molecule has 2 aromatic carbocycles. The lowest BCUT2D eigenvalue weighted by Crippen LogP contribution is -2.35. The number of rotatable bonds is 6. The number of nitrogens with one attached hydrogen (secondary N) is 1. The molecule has 1 saturated heterocycles. The first-order chi connectivity index (χ1) is 15.0. The molecule has 1 aromatic heterocycles. The minimum Gasteiger partial charge on any atom is -0.496 e. The SMILES string of the molecule is COc1ccccc1-c1csc(NC(=O)c2cccc(S(=O)(=O)N3CCCCC3)c2)n1. The van der Waals surface area contributed by atoms with Gasteiger partial charge in [0, 0.05) is 29.6 Å². The highest BCUT2D eigenvalue weighted by molar-refractivity contribution is 7.89. The van der Waals surface area contributed by atoms with E-state index in [1.807, 2.05) is 29.6 Å². The summed E-state index contributed by atoms with van der Waals surface area (Å²) in [6.45, 7) is 1.03. The Labute approximate surface area is 185 Å². The van der Waals surface area contributed by atoms with Gasteiger partial charge in [-0.05, 0) is 43.2 Å². The number of aromatic nitrogens is 1. The Bertz CT molecular complexity index is 1180. The number of hydrogen-bond donors (Lipinski definition) is 1. The van der Waals surface area contributed by atoms with Gasteiger partial charge in [0.05, 0.1) is 17.7 Å². The van der Waals surface area contributed by atoms with E-state index < -0.39 is 15.9 Å². The summed E-state index contributed by atoms with van der Waals surface area (Å²) in [6, 6.07) is 13.7. The zero-order valence-electron chi connectivity index (χ0n) is 17.1. The standard InChI is InChI=1S/C22H23N3O4S2/c1-29-20-11-4-3-10-18(20)19-15-30-22(23-19)24-21(26)16-8-7-9-17(14-16)31(27,28)25-12-5-2-6-13-25/h3-4,7-11,14-15H,2,5-6,12-13H2,1H3,(H,23,24,26). The normalized spacial score (nSPS) is 14.9. The third kappa shape index (κ3) is 4.63. The Balaban J connectivity index is 1.52. The molecule has 4 rings (SSSR count). The van der Waals surface area contributed by atoms with Crippen molar-refractivity contribution < 1.29 is 17.9 Å². The van der Waals surface area contributed by atoms with Gasteiger partial charge in [-0.15, -0.1) is 11.3 Å². The van der Waals surface area contributed by atoms with Crippen molar-refractivity contribution in [3.8, 4) is 17.0 Å². The highest BCUT2D eigenvalue weighted by Crippen LogP contribution is 2.32. The highest BCUT2D eigenvalue weighted by atomic mass is 32.2. The van der Waals surface area contributed by atoms with Crippen molar-refractivity contribution >= 4 is 32.4 Å². The van der Waals surface area contributed by atoms with Crippen LogP contribution in [0.3, 0.4) is 0 Å². The fourth-order valence-electron chi connectivity index (χ4n) is 3.53. The fourth-order valence-corrected chi connectivity index (χ4v) is 5.80. The maximum Gasteiger partial charge on any atom is 0.257 e. The summed E-state index contributed by atoms with van der Waals surface area (Å²) in [5.41, 5.74) is 1.79. The maximum absolute atomic E-state index is 12.9. The first-order valence-corrected chi connectivity index (χ1v) is 12.3. The van der Waals surface area contributed by atoms with Gasteiger partial charge in [-0.3, -0.25) is 10.1 Å². The number of benzene rings is 2. The van der Waals surface area contributed by atoms with E-state index in [2.05, 4.69) is 10.3 Å². The molecule has 0 atom stereocenters. The number of carbonyl (C=O) groups is 1. The van der Waals surface area contributed by atoms with E-state index in [4.69, 9.17) is 4.74 Å². The van der Waals surface area contributed by atoms with E-state index >= 15 is 0 Å². The monoisotopic (exact) mass is 457 g/mol. The zero-order valence-corrected chi connectivity index (χ0v) is 18.7. The summed E-state index contributed by atoms with van der Waals surface area (Å²) in [5, 5.41) is 5.03. The summed E-state index contributed by atoms with van der Waals surface area (Å²) in [4.78, 5) is 17.4. The van der Waals surface area contributed by atoms with Crippen LogP contribution in [-0.4, -0.2) is 43.8 Å². The van der Waals surface area contributed by atoms with Crippen LogP contribution < -0.4 is 10.1 Å². The van der Waals surface area contributed by atoms with Crippen LogP contribution in [0, 0.1) is 0 Å². The molecule has 0 bridgehead atoms. The van der Waals surface area contributed by atoms with Gasteiger partial charge in [0.2, 0.25) is 10.0 Å². The Morgan fingerprint density at radius 2 is 1.87 bits per heavy atom. The largest absolute Gasteiger partial charge is 0.496 e. The van der Waals surface area contributed by atoms with Crippen molar-refractivity contribution in [2.75, 3.05) is 25.5 Å². The van der Waals surface area contributed by atoms with E-state index in [1.165, 1.54) is 27.8 Å². The van der Waals surface area contributed by atoms with Crippen molar-refractivity contribution in [2.45, 2.75) is 24.2 Å². The zero-order chi connectivity index (χ0) is 21.8. The third-order valence-electron chi connectivity index (χ3n) is 5.16. The Morgan fingerprint density at radius 3 is 2.65 bits per heavy atom. The molecule has 1 N–H and O–H groups in total. The molecular formula is C22H23N3O4S2. The van der Waals surface area contributed by atoms with Crippen molar-refractivity contribution in [3.05, 3.63) is 59.5 Å². The topological polar surface area (TPSA) is 88.6 Å². The molecule has 2 heterocycles. The summed E-state index contributed by atoms with van der Waals surface area (Å²) >= 11 is 1.29. The number of thiazole rings is 1. The molecule has 1 aliphatic heterocycles. The van der Waals surface area contributed by atoms with Gasteiger partial charge < -0.3 is 4.74 Å². The number of carbonyl (C=O) groups excluding carboxylic acids is 1. The number of nitrogens with zero attached hydrogens (tertiary/aromatic N) is 2. The molecular weight excluding hydrogens is 434 g/mol. The van der Waals surface area contributed by atoms with Gasteiger partial charge in [-0.2, -0.15) is 4.31 Å². The van der Waals surface area contributed by atoms with Crippen LogP contribution in [0.25, 0.3) is 11.3 Å². The fraction of sp³-hybridized carbons (Fsp3) is 0.273. The predicted octanol–water partition coefficient (Wildman–Crippen LogP) is 4.25. The number of anilines is 1. The highest BCUT2D eigenvalue weighted by Gasteiger charge is 2.26. The first kappa shape index (κ1) is 21.5. The molecule has 1 amide bonds. The van der Waals surface area contributed by atoms with E-state index in [1.54, 1.807) is 19.2 Å². The molecule has 0 unspecified atom stereocenters. The summed E-state index contributed by atoms with van der Waals surface area (Å²) in [6.07, 6.45) is 2.76. The predicted molar refractivity (Wildman–Crippen MR) is 121 cm³/mol. The summed E-state index contributed by atoms with van der Waals surface area (Å²) < 4.78 is 32.7. The average Bonchev–Trinajstić information content (AvgIpc) is 3.28. The molecule has 9 heteroatoms. The second kappa shape index (κ2) is 9.17. The van der Waals surface area contributed by atoms with Crippen LogP contribution >= 0.6 is 11.3 Å². The van der Waals surface area contributed by atoms with Crippen LogP contribution in [0.1, 0.15) is 29.6 Å². The van der Waals surface area contributed by atoms with E-state index in [-0.39, 0.29) is 10.5 Å². The van der Waals surface area contributed by atoms with E-state index in [0.29, 0.717) is 29.7 Å². The molecule has 31 heavy (non-hydrogen) atoms. The molecule has 162 valence electrons. The molecule has 3 aromatic rings. The van der Waals surface area contributed by atoms with Crippen LogP contribution in [0.2, 0.25) is 0 Å². The Hall–Kier alpha value is -2.75. The van der Waals surface area contributed by atoms with Crippen LogP contribution in [-0.2, 0) is 10.0 Å². The minimum absolute atomic E-state index is 0.135. The number of amides is 1. The molecule has 7 nitrogen and oxygen atoms in total. The number of piperidine rings is 1. The van der Waals surface area contributed by atoms with Crippen molar-refractivity contribution in [1.29, 1.82) is 0 Å². The third-order valence-corrected chi connectivity index (χ3v) is 7.81. The first-order valence-electron chi connectivity index (χ1n) is 9.99. The van der Waals surface area contributed by atoms with Gasteiger partial charge >= 0.3 is 0 Å². The van der Waals surface area contributed by atoms with E-state index in [9.17, 15) is 13.2 Å². The second-order valence-electron chi connectivity index (χ2n) is 7.18. The quantitative estimate of drug-likeness (QED) is 0.598. The van der Waals surface area contributed by atoms with Gasteiger partial charge in [0.1, 0.15) is 5.75 Å². The lowest BCUT2D eigenvalue weighted by Gasteiger charge is -2.26. The van der Waals surface area contributed by atoms with Crippen molar-refractivity contribution in [2.24, 2.45) is 0 Å². The van der Waals surface area contributed by atoms with Crippen molar-refractivity contribution in [1.82, 2.24) is 9.29 Å². The van der Waals surface area contributed by atoms with Crippen LogP contribution in [0.15, 0.2) is 58.8 Å². The summed E-state index contributed by atoms with van der Waals surface area (Å²) in [5.74, 6) is 0.290. The summed E-state index contributed by atoms with van der Waals surface area (Å²) in [7, 11) is -2.01. The molecule has 0 saturated carbocycles. The minimum atomic E-state index is -3.60. The number of ether oxygens (including phenoxy) is 1. The molecule has 0 radical (unpaired) electrons. The number of hydrogen-bond acceptors (Lipinski definition) is 6. The molecule has 0 spiro atoms. The van der Waals surface area contributed by atoms with E-state index in [0.717, 1.165) is 24.8 Å². The van der Waals surface area contributed by atoms with Crippen LogP contribution in [0.5, 0.6) is 5.75 Å². The number of sulfonamides is 1. The van der Waals surface area contributed by atoms with Gasteiger partial charge in [0.25, 0.3) is 5.91 Å².